The highest BCUT2D eigenvalue weighted by Gasteiger charge is 2.06. The van der Waals surface area contributed by atoms with E-state index in [1.54, 1.807) is 0 Å². The Bertz CT molecular complexity index is 384. The normalized spacial score (nSPS) is 12.5. The first-order chi connectivity index (χ1) is 8.97. The number of hydrogen-bond acceptors (Lipinski definition) is 2. The van der Waals surface area contributed by atoms with Crippen LogP contribution >= 0.6 is 0 Å². The Kier molecular flexibility index (Phi) is 6.57. The summed E-state index contributed by atoms with van der Waals surface area (Å²) in [4.78, 5) is 11.8. The summed E-state index contributed by atoms with van der Waals surface area (Å²) in [6.45, 7) is 8.96. The van der Waals surface area contributed by atoms with Crippen molar-refractivity contribution in [2.45, 2.75) is 46.6 Å². The van der Waals surface area contributed by atoms with Crippen LogP contribution in [0, 0.1) is 12.8 Å². The fraction of sp³-hybridized carbons (Fsp3) is 0.562. The van der Waals surface area contributed by atoms with E-state index in [1.807, 2.05) is 31.2 Å². The van der Waals surface area contributed by atoms with Gasteiger partial charge in [-0.2, -0.15) is 0 Å². The Morgan fingerprint density at radius 3 is 2.32 bits per heavy atom. The molecule has 0 fully saturated rings. The molecule has 1 rings (SSSR count). The molecule has 0 aliphatic rings. The molecule has 1 unspecified atom stereocenters. The average molecular weight is 262 g/mol. The predicted molar refractivity (Wildman–Crippen MR) is 81.3 cm³/mol. The van der Waals surface area contributed by atoms with Crippen LogP contribution in [-0.2, 0) is 4.79 Å². The van der Waals surface area contributed by atoms with Gasteiger partial charge in [0.15, 0.2) is 0 Å². The lowest BCUT2D eigenvalue weighted by molar-refractivity contribution is -0.115. The number of anilines is 1. The van der Waals surface area contributed by atoms with Gasteiger partial charge in [0, 0.05) is 11.7 Å². The Morgan fingerprint density at radius 1 is 1.11 bits per heavy atom. The number of hydrogen-bond donors (Lipinski definition) is 2. The zero-order valence-electron chi connectivity index (χ0n) is 12.5. The van der Waals surface area contributed by atoms with Crippen molar-refractivity contribution < 1.29 is 4.79 Å². The lowest BCUT2D eigenvalue weighted by Gasteiger charge is -2.14. The Balaban J connectivity index is 2.26. The molecule has 1 amide bonds. The number of carbonyl (C=O) groups is 1. The number of amides is 1. The molecule has 1 aromatic rings. The molecule has 1 atom stereocenters. The Morgan fingerprint density at radius 2 is 1.74 bits per heavy atom. The average Bonchev–Trinajstić information content (AvgIpc) is 2.36. The summed E-state index contributed by atoms with van der Waals surface area (Å²) in [7, 11) is 0. The van der Waals surface area contributed by atoms with Gasteiger partial charge in [-0.05, 0) is 44.7 Å². The molecule has 3 heteroatoms. The van der Waals surface area contributed by atoms with Gasteiger partial charge in [-0.3, -0.25) is 4.79 Å². The van der Waals surface area contributed by atoms with Crippen molar-refractivity contribution in [1.29, 1.82) is 0 Å². The molecule has 106 valence electrons. The third kappa shape index (κ3) is 6.97. The molecule has 0 spiro atoms. The second kappa shape index (κ2) is 7.95. The van der Waals surface area contributed by atoms with Gasteiger partial charge >= 0.3 is 0 Å². The number of benzene rings is 1. The summed E-state index contributed by atoms with van der Waals surface area (Å²) in [5.74, 6) is 0.728. The molecule has 0 bridgehead atoms. The van der Waals surface area contributed by atoms with Gasteiger partial charge in [0.2, 0.25) is 5.91 Å². The molecule has 0 heterocycles. The Labute approximate surface area is 116 Å². The molecule has 0 radical (unpaired) electrons. The fourth-order valence-corrected chi connectivity index (χ4v) is 1.79. The van der Waals surface area contributed by atoms with E-state index < -0.39 is 0 Å². The molecule has 0 aliphatic carbocycles. The lowest BCUT2D eigenvalue weighted by atomic mass is 10.0. The van der Waals surface area contributed by atoms with Gasteiger partial charge in [-0.15, -0.1) is 0 Å². The van der Waals surface area contributed by atoms with Crippen molar-refractivity contribution in [3.63, 3.8) is 0 Å². The number of carbonyl (C=O) groups excluding carboxylic acids is 1. The van der Waals surface area contributed by atoms with Gasteiger partial charge in [0.1, 0.15) is 0 Å². The van der Waals surface area contributed by atoms with Crippen molar-refractivity contribution in [1.82, 2.24) is 5.32 Å². The van der Waals surface area contributed by atoms with Gasteiger partial charge in [-0.1, -0.05) is 31.5 Å². The molecule has 0 aliphatic heterocycles. The molecule has 0 aromatic heterocycles. The number of aryl methyl sites for hydroxylation is 1. The van der Waals surface area contributed by atoms with E-state index in [1.165, 1.54) is 12.0 Å². The highest BCUT2D eigenvalue weighted by Crippen LogP contribution is 2.08. The van der Waals surface area contributed by atoms with Gasteiger partial charge in [0.25, 0.3) is 0 Å². The van der Waals surface area contributed by atoms with E-state index in [4.69, 9.17) is 0 Å². The summed E-state index contributed by atoms with van der Waals surface area (Å²) < 4.78 is 0. The third-order valence-corrected chi connectivity index (χ3v) is 3.12. The highest BCUT2D eigenvalue weighted by molar-refractivity contribution is 5.92. The smallest absolute Gasteiger partial charge is 0.238 e. The van der Waals surface area contributed by atoms with Crippen LogP contribution in [0.3, 0.4) is 0 Å². The monoisotopic (exact) mass is 262 g/mol. The second-order valence-corrected chi connectivity index (χ2v) is 5.67. The lowest BCUT2D eigenvalue weighted by Crippen LogP contribution is -2.34. The maximum atomic E-state index is 11.8. The van der Waals surface area contributed by atoms with E-state index in [-0.39, 0.29) is 5.91 Å². The number of rotatable bonds is 7. The molecule has 0 saturated heterocycles. The molecular weight excluding hydrogens is 236 g/mol. The van der Waals surface area contributed by atoms with Crippen LogP contribution in [0.1, 0.15) is 39.2 Å². The minimum absolute atomic E-state index is 0.0141. The summed E-state index contributed by atoms with van der Waals surface area (Å²) in [6.07, 6.45) is 2.29. The number of nitrogens with one attached hydrogen (secondary N) is 2. The van der Waals surface area contributed by atoms with E-state index in [9.17, 15) is 4.79 Å². The summed E-state index contributed by atoms with van der Waals surface area (Å²) in [5, 5.41) is 6.15. The molecular formula is C16H26N2O. The maximum absolute atomic E-state index is 11.8. The summed E-state index contributed by atoms with van der Waals surface area (Å²) in [6, 6.07) is 8.22. The quantitative estimate of drug-likeness (QED) is 0.791. The molecule has 3 nitrogen and oxygen atoms in total. The van der Waals surface area contributed by atoms with Crippen molar-refractivity contribution in [2.75, 3.05) is 11.9 Å². The van der Waals surface area contributed by atoms with Crippen LogP contribution in [0.15, 0.2) is 24.3 Å². The molecule has 2 N–H and O–H groups in total. The van der Waals surface area contributed by atoms with E-state index >= 15 is 0 Å². The van der Waals surface area contributed by atoms with Crippen LogP contribution in [0.4, 0.5) is 5.69 Å². The predicted octanol–water partition coefficient (Wildman–Crippen LogP) is 3.35. The molecule has 19 heavy (non-hydrogen) atoms. The first-order valence-electron chi connectivity index (χ1n) is 7.07. The summed E-state index contributed by atoms with van der Waals surface area (Å²) >= 11 is 0. The van der Waals surface area contributed by atoms with Crippen LogP contribution < -0.4 is 10.6 Å². The molecule has 0 saturated carbocycles. The van der Waals surface area contributed by atoms with E-state index in [0.717, 1.165) is 12.1 Å². The van der Waals surface area contributed by atoms with Crippen LogP contribution in [0.25, 0.3) is 0 Å². The second-order valence-electron chi connectivity index (χ2n) is 5.67. The Hall–Kier alpha value is -1.35. The minimum atomic E-state index is 0.0141. The third-order valence-electron chi connectivity index (χ3n) is 3.12. The highest BCUT2D eigenvalue weighted by atomic mass is 16.1. The van der Waals surface area contributed by atoms with E-state index in [0.29, 0.717) is 18.5 Å². The van der Waals surface area contributed by atoms with Gasteiger partial charge in [-0.25, -0.2) is 0 Å². The zero-order valence-corrected chi connectivity index (χ0v) is 12.5. The minimum Gasteiger partial charge on any atom is -0.325 e. The standard InChI is InChI=1S/C16H26N2O/c1-12(2)5-8-14(4)17-11-16(19)18-15-9-6-13(3)7-10-15/h6-7,9-10,12,14,17H,5,8,11H2,1-4H3,(H,18,19). The first-order valence-corrected chi connectivity index (χ1v) is 7.07. The topological polar surface area (TPSA) is 41.1 Å². The van der Waals surface area contributed by atoms with Crippen LogP contribution in [-0.4, -0.2) is 18.5 Å². The van der Waals surface area contributed by atoms with Crippen molar-refractivity contribution >= 4 is 11.6 Å². The SMILES string of the molecule is Cc1ccc(NC(=O)CNC(C)CCC(C)C)cc1. The van der Waals surface area contributed by atoms with Crippen LogP contribution in [0.5, 0.6) is 0 Å². The largest absolute Gasteiger partial charge is 0.325 e. The molecule has 1 aromatic carbocycles. The maximum Gasteiger partial charge on any atom is 0.238 e. The van der Waals surface area contributed by atoms with Gasteiger partial charge < -0.3 is 10.6 Å². The zero-order chi connectivity index (χ0) is 14.3. The van der Waals surface area contributed by atoms with Crippen molar-refractivity contribution in [3.8, 4) is 0 Å². The first kappa shape index (κ1) is 15.7. The van der Waals surface area contributed by atoms with Crippen LogP contribution in [0.2, 0.25) is 0 Å². The fourth-order valence-electron chi connectivity index (χ4n) is 1.79. The summed E-state index contributed by atoms with van der Waals surface area (Å²) in [5.41, 5.74) is 2.05. The van der Waals surface area contributed by atoms with Crippen molar-refractivity contribution in [2.24, 2.45) is 5.92 Å². The van der Waals surface area contributed by atoms with Gasteiger partial charge in [0.05, 0.1) is 6.54 Å². The van der Waals surface area contributed by atoms with Crippen molar-refractivity contribution in [3.05, 3.63) is 29.8 Å². The van der Waals surface area contributed by atoms with E-state index in [2.05, 4.69) is 31.4 Å².